The number of carboxylic acids is 1. The molecule has 0 bridgehead atoms. The molecule has 4 N–H and O–H groups in total. The molecule has 0 spiro atoms. The Labute approximate surface area is 162 Å². The summed E-state index contributed by atoms with van der Waals surface area (Å²) in [5, 5.41) is 9.38. The highest BCUT2D eigenvalue weighted by atomic mass is 16.5. The number of anilines is 1. The summed E-state index contributed by atoms with van der Waals surface area (Å²) < 4.78 is 7.05. The van der Waals surface area contributed by atoms with Crippen molar-refractivity contribution in [2.45, 2.75) is 58.0 Å². The lowest BCUT2D eigenvalue weighted by Crippen LogP contribution is -2.45. The minimum atomic E-state index is -0.779. The Morgan fingerprint density at radius 2 is 2.14 bits per heavy atom. The van der Waals surface area contributed by atoms with Crippen LogP contribution in [0.2, 0.25) is 0 Å². The number of aromatic nitrogens is 4. The second kappa shape index (κ2) is 9.05. The molecule has 0 amide bonds. The number of nitrogens with one attached hydrogen (secondary N) is 1. The van der Waals surface area contributed by atoms with Crippen LogP contribution in [0.25, 0.3) is 11.2 Å². The maximum Gasteiger partial charge on any atom is 0.327 e. The zero-order valence-electron chi connectivity index (χ0n) is 16.2. The number of H-pyrrole nitrogens is 1. The summed E-state index contributed by atoms with van der Waals surface area (Å²) in [6.45, 7) is 4.33. The number of nitrogens with two attached hydrogens (primary N) is 1. The first-order valence-electron chi connectivity index (χ1n) is 9.87. The number of hydrogen-bond acceptors (Lipinski definition) is 7. The number of carboxylic acid groups (broad SMARTS) is 1. The van der Waals surface area contributed by atoms with Crippen LogP contribution in [-0.4, -0.2) is 61.2 Å². The van der Waals surface area contributed by atoms with Gasteiger partial charge in [-0.25, -0.2) is 4.79 Å². The van der Waals surface area contributed by atoms with Gasteiger partial charge in [0.2, 0.25) is 0 Å². The summed E-state index contributed by atoms with van der Waals surface area (Å²) in [5.41, 5.74) is 6.45. The van der Waals surface area contributed by atoms with E-state index in [0.717, 1.165) is 32.2 Å². The first-order valence-corrected chi connectivity index (χ1v) is 9.87. The molecule has 10 nitrogen and oxygen atoms in total. The molecule has 2 aromatic rings. The predicted octanol–water partition coefficient (Wildman–Crippen LogP) is 1.21. The second-order valence-corrected chi connectivity index (χ2v) is 7.11. The lowest BCUT2D eigenvalue weighted by Gasteiger charge is -2.32. The smallest absolute Gasteiger partial charge is 0.327 e. The van der Waals surface area contributed by atoms with Crippen molar-refractivity contribution in [1.82, 2.24) is 24.4 Å². The summed E-state index contributed by atoms with van der Waals surface area (Å²) >= 11 is 0. The third-order valence-electron chi connectivity index (χ3n) is 5.08. The minimum absolute atomic E-state index is 0.160. The molecule has 0 aromatic carbocycles. The normalized spacial score (nSPS) is 17.8. The highest BCUT2D eigenvalue weighted by Gasteiger charge is 2.27. The van der Waals surface area contributed by atoms with E-state index in [2.05, 4.69) is 21.9 Å². The van der Waals surface area contributed by atoms with Gasteiger partial charge in [0.1, 0.15) is 11.6 Å². The SMILES string of the molecule is CCCCOc1nc(N)c2[nH]c(=O)n(CCCN3CCCCC3C(=O)O)c2n1. The number of nitrogen functional groups attached to an aromatic ring is 1. The van der Waals surface area contributed by atoms with Gasteiger partial charge in [0.05, 0.1) is 6.61 Å². The molecule has 1 aliphatic heterocycles. The van der Waals surface area contributed by atoms with E-state index in [9.17, 15) is 14.7 Å². The van der Waals surface area contributed by atoms with Gasteiger partial charge < -0.3 is 20.6 Å². The Morgan fingerprint density at radius 3 is 2.89 bits per heavy atom. The second-order valence-electron chi connectivity index (χ2n) is 7.11. The van der Waals surface area contributed by atoms with Crippen LogP contribution in [0, 0.1) is 0 Å². The van der Waals surface area contributed by atoms with Crippen molar-refractivity contribution in [2.24, 2.45) is 0 Å². The molecule has 0 aliphatic carbocycles. The Hall–Kier alpha value is -2.62. The number of likely N-dealkylation sites (tertiary alicyclic amines) is 1. The number of aryl methyl sites for hydroxylation is 1. The Bertz CT molecular complexity index is 877. The van der Waals surface area contributed by atoms with E-state index in [4.69, 9.17) is 10.5 Å². The number of ether oxygens (including phenoxy) is 1. The fourth-order valence-electron chi connectivity index (χ4n) is 3.58. The number of unbranched alkanes of at least 4 members (excludes halogenated alkanes) is 1. The van der Waals surface area contributed by atoms with E-state index < -0.39 is 12.0 Å². The fourth-order valence-corrected chi connectivity index (χ4v) is 3.58. The first-order chi connectivity index (χ1) is 13.5. The van der Waals surface area contributed by atoms with Gasteiger partial charge in [-0.3, -0.25) is 14.3 Å². The highest BCUT2D eigenvalue weighted by molar-refractivity contribution is 5.81. The molecule has 2 aromatic heterocycles. The van der Waals surface area contributed by atoms with Crippen LogP contribution in [0.4, 0.5) is 5.82 Å². The van der Waals surface area contributed by atoms with Crippen LogP contribution in [0.5, 0.6) is 6.01 Å². The van der Waals surface area contributed by atoms with E-state index in [-0.39, 0.29) is 17.5 Å². The number of hydrogen-bond donors (Lipinski definition) is 3. The van der Waals surface area contributed by atoms with Gasteiger partial charge in [-0.1, -0.05) is 19.8 Å². The van der Waals surface area contributed by atoms with Crippen LogP contribution in [0.3, 0.4) is 0 Å². The van der Waals surface area contributed by atoms with Crippen molar-refractivity contribution in [3.63, 3.8) is 0 Å². The van der Waals surface area contributed by atoms with Crippen LogP contribution in [0.15, 0.2) is 4.79 Å². The van der Waals surface area contributed by atoms with Gasteiger partial charge in [-0.05, 0) is 32.2 Å². The molecule has 1 aliphatic rings. The molecule has 3 rings (SSSR count). The average Bonchev–Trinajstić information content (AvgIpc) is 2.99. The molecular weight excluding hydrogens is 364 g/mol. The number of rotatable bonds is 9. The van der Waals surface area contributed by atoms with Crippen molar-refractivity contribution < 1.29 is 14.6 Å². The third kappa shape index (κ3) is 4.44. The minimum Gasteiger partial charge on any atom is -0.480 e. The topological polar surface area (TPSA) is 139 Å². The van der Waals surface area contributed by atoms with Gasteiger partial charge in [-0.2, -0.15) is 9.97 Å². The fraction of sp³-hybridized carbons (Fsp3) is 0.667. The molecule has 0 saturated carbocycles. The highest BCUT2D eigenvalue weighted by Crippen LogP contribution is 2.20. The lowest BCUT2D eigenvalue weighted by atomic mass is 10.0. The Morgan fingerprint density at radius 1 is 1.32 bits per heavy atom. The van der Waals surface area contributed by atoms with E-state index in [1.54, 1.807) is 0 Å². The molecule has 3 heterocycles. The van der Waals surface area contributed by atoms with Gasteiger partial charge in [-0.15, -0.1) is 0 Å². The van der Waals surface area contributed by atoms with E-state index in [1.165, 1.54) is 4.57 Å². The third-order valence-corrected chi connectivity index (χ3v) is 5.08. The van der Waals surface area contributed by atoms with Crippen LogP contribution in [0.1, 0.15) is 45.4 Å². The number of fused-ring (bicyclic) bond motifs is 1. The van der Waals surface area contributed by atoms with E-state index in [0.29, 0.717) is 43.7 Å². The van der Waals surface area contributed by atoms with Gasteiger partial charge in [0.25, 0.3) is 0 Å². The Balaban J connectivity index is 1.72. The van der Waals surface area contributed by atoms with E-state index in [1.807, 2.05) is 4.90 Å². The zero-order chi connectivity index (χ0) is 20.1. The van der Waals surface area contributed by atoms with Crippen molar-refractivity contribution in [1.29, 1.82) is 0 Å². The average molecular weight is 392 g/mol. The summed E-state index contributed by atoms with van der Waals surface area (Å²) in [7, 11) is 0. The Kier molecular flexibility index (Phi) is 6.50. The molecule has 0 radical (unpaired) electrons. The number of aromatic amines is 1. The van der Waals surface area contributed by atoms with Crippen molar-refractivity contribution >= 4 is 23.0 Å². The molecule has 1 saturated heterocycles. The molecule has 1 fully saturated rings. The number of imidazole rings is 1. The van der Waals surface area contributed by atoms with Gasteiger partial charge >= 0.3 is 17.7 Å². The number of nitrogens with zero attached hydrogens (tertiary/aromatic N) is 4. The molecule has 10 heteroatoms. The summed E-state index contributed by atoms with van der Waals surface area (Å²) in [5.74, 6) is -0.604. The van der Waals surface area contributed by atoms with Crippen molar-refractivity contribution in [3.8, 4) is 6.01 Å². The van der Waals surface area contributed by atoms with Crippen LogP contribution >= 0.6 is 0 Å². The molecule has 1 unspecified atom stereocenters. The standard InChI is InChI=1S/C18H28N6O4/c1-2-3-11-28-17-21-14(19)13-15(22-17)24(18(27)20-13)10-6-9-23-8-5-4-7-12(23)16(25)26/h12H,2-11H2,1H3,(H,20,27)(H,25,26)(H2,19,21,22). The number of carbonyl (C=O) groups is 1. The quantitative estimate of drug-likeness (QED) is 0.541. The largest absolute Gasteiger partial charge is 0.480 e. The zero-order valence-corrected chi connectivity index (χ0v) is 16.2. The maximum atomic E-state index is 12.4. The molecule has 28 heavy (non-hydrogen) atoms. The van der Waals surface area contributed by atoms with E-state index >= 15 is 0 Å². The molecule has 1 atom stereocenters. The molecule has 154 valence electrons. The van der Waals surface area contributed by atoms with Gasteiger partial charge in [0, 0.05) is 13.1 Å². The van der Waals surface area contributed by atoms with Gasteiger partial charge in [0.15, 0.2) is 11.5 Å². The summed E-state index contributed by atoms with van der Waals surface area (Å²) in [6, 6.07) is -0.279. The monoisotopic (exact) mass is 392 g/mol. The first kappa shape index (κ1) is 20.1. The predicted molar refractivity (Wildman–Crippen MR) is 104 cm³/mol. The van der Waals surface area contributed by atoms with Crippen molar-refractivity contribution in [2.75, 3.05) is 25.4 Å². The summed E-state index contributed by atoms with van der Waals surface area (Å²) in [6.07, 6.45) is 5.10. The molecular formula is C18H28N6O4. The van der Waals surface area contributed by atoms with Crippen LogP contribution in [-0.2, 0) is 11.3 Å². The maximum absolute atomic E-state index is 12.4. The van der Waals surface area contributed by atoms with Crippen LogP contribution < -0.4 is 16.2 Å². The van der Waals surface area contributed by atoms with Crippen molar-refractivity contribution in [3.05, 3.63) is 10.5 Å². The lowest BCUT2D eigenvalue weighted by molar-refractivity contribution is -0.144. The summed E-state index contributed by atoms with van der Waals surface area (Å²) in [4.78, 5) is 36.9. The number of piperidine rings is 1. The number of aliphatic carboxylic acids is 1.